The van der Waals surface area contributed by atoms with Crippen molar-refractivity contribution in [2.24, 2.45) is 0 Å². The molecule has 0 aliphatic carbocycles. The van der Waals surface area contributed by atoms with E-state index in [1.54, 1.807) is 7.11 Å². The minimum Gasteiger partial charge on any atom is -0.495 e. The van der Waals surface area contributed by atoms with Gasteiger partial charge in [0.25, 0.3) is 0 Å². The van der Waals surface area contributed by atoms with Crippen LogP contribution < -0.4 is 10.1 Å². The second-order valence-electron chi connectivity index (χ2n) is 4.24. The second kappa shape index (κ2) is 4.93. The molecule has 0 spiro atoms. The molecule has 1 unspecified atom stereocenters. The van der Waals surface area contributed by atoms with Gasteiger partial charge in [0.05, 0.1) is 12.1 Å². The summed E-state index contributed by atoms with van der Waals surface area (Å²) in [6.07, 6.45) is 1.18. The monoisotopic (exact) mass is 240 g/mol. The van der Waals surface area contributed by atoms with E-state index in [1.165, 1.54) is 6.42 Å². The van der Waals surface area contributed by atoms with E-state index in [-0.39, 0.29) is 0 Å². The molecule has 16 heavy (non-hydrogen) atoms. The van der Waals surface area contributed by atoms with Crippen LogP contribution in [0.3, 0.4) is 0 Å². The summed E-state index contributed by atoms with van der Waals surface area (Å²) in [5.74, 6) is 0.720. The quantitative estimate of drug-likeness (QED) is 0.879. The number of likely N-dealkylation sites (tertiary alicyclic amines) is 1. The summed E-state index contributed by atoms with van der Waals surface area (Å²) in [5, 5.41) is 4.14. The third-order valence-electron chi connectivity index (χ3n) is 2.91. The molecule has 2 rings (SSSR count). The molecule has 1 aliphatic rings. The first kappa shape index (κ1) is 11.6. The van der Waals surface area contributed by atoms with Crippen LogP contribution in [0.4, 0.5) is 5.69 Å². The fourth-order valence-corrected chi connectivity index (χ4v) is 2.23. The van der Waals surface area contributed by atoms with Crippen molar-refractivity contribution in [2.75, 3.05) is 32.6 Å². The van der Waals surface area contributed by atoms with Gasteiger partial charge in [-0.25, -0.2) is 0 Å². The molecule has 88 valence electrons. The first-order chi connectivity index (χ1) is 7.69. The van der Waals surface area contributed by atoms with Crippen LogP contribution in [0, 0.1) is 0 Å². The Morgan fingerprint density at radius 3 is 2.94 bits per heavy atom. The lowest BCUT2D eigenvalue weighted by Crippen LogP contribution is -2.23. The van der Waals surface area contributed by atoms with Gasteiger partial charge in [0.15, 0.2) is 0 Å². The van der Waals surface area contributed by atoms with Crippen LogP contribution in [0.2, 0.25) is 5.02 Å². The Morgan fingerprint density at radius 1 is 1.50 bits per heavy atom. The van der Waals surface area contributed by atoms with Gasteiger partial charge in [-0.2, -0.15) is 0 Å². The number of rotatable bonds is 3. The Balaban J connectivity index is 2.04. The number of nitrogens with one attached hydrogen (secondary N) is 1. The Hall–Kier alpha value is -0.930. The van der Waals surface area contributed by atoms with E-state index in [9.17, 15) is 0 Å². The predicted molar refractivity (Wildman–Crippen MR) is 67.5 cm³/mol. The SMILES string of the molecule is COc1cc(NC2CCN(C)C2)ccc1Cl. The van der Waals surface area contributed by atoms with E-state index in [4.69, 9.17) is 16.3 Å². The van der Waals surface area contributed by atoms with Gasteiger partial charge < -0.3 is 15.0 Å². The van der Waals surface area contributed by atoms with Gasteiger partial charge in [-0.05, 0) is 32.1 Å². The van der Waals surface area contributed by atoms with Crippen molar-refractivity contribution >= 4 is 17.3 Å². The number of hydrogen-bond donors (Lipinski definition) is 1. The summed E-state index contributed by atoms with van der Waals surface area (Å²) in [4.78, 5) is 2.32. The molecule has 3 nitrogen and oxygen atoms in total. The van der Waals surface area contributed by atoms with Gasteiger partial charge >= 0.3 is 0 Å². The maximum Gasteiger partial charge on any atom is 0.139 e. The number of anilines is 1. The van der Waals surface area contributed by atoms with Crippen LogP contribution in [-0.4, -0.2) is 38.2 Å². The number of halogens is 1. The molecule has 1 saturated heterocycles. The first-order valence-electron chi connectivity index (χ1n) is 5.47. The number of nitrogens with zero attached hydrogens (tertiary/aromatic N) is 1. The third kappa shape index (κ3) is 2.60. The third-order valence-corrected chi connectivity index (χ3v) is 3.23. The number of benzene rings is 1. The molecular formula is C12H17ClN2O. The topological polar surface area (TPSA) is 24.5 Å². The van der Waals surface area contributed by atoms with Crippen molar-refractivity contribution in [1.29, 1.82) is 0 Å². The smallest absolute Gasteiger partial charge is 0.139 e. The van der Waals surface area contributed by atoms with Gasteiger partial charge in [0, 0.05) is 24.3 Å². The first-order valence-corrected chi connectivity index (χ1v) is 5.85. The van der Waals surface area contributed by atoms with Crippen molar-refractivity contribution in [2.45, 2.75) is 12.5 Å². The van der Waals surface area contributed by atoms with E-state index < -0.39 is 0 Å². The molecule has 1 fully saturated rings. The van der Waals surface area contributed by atoms with E-state index in [1.807, 2.05) is 18.2 Å². The van der Waals surface area contributed by atoms with Gasteiger partial charge in [-0.3, -0.25) is 0 Å². The molecule has 1 aliphatic heterocycles. The molecule has 1 N–H and O–H groups in total. The molecule has 1 aromatic carbocycles. The Bertz CT molecular complexity index is 370. The minimum atomic E-state index is 0.524. The lowest BCUT2D eigenvalue weighted by Gasteiger charge is -2.15. The zero-order chi connectivity index (χ0) is 11.5. The molecule has 1 aromatic rings. The Labute approximate surface area is 101 Å². The number of likely N-dealkylation sites (N-methyl/N-ethyl adjacent to an activating group) is 1. The summed E-state index contributed by atoms with van der Waals surface area (Å²) >= 11 is 5.98. The highest BCUT2D eigenvalue weighted by Crippen LogP contribution is 2.28. The maximum atomic E-state index is 5.98. The zero-order valence-corrected chi connectivity index (χ0v) is 10.4. The summed E-state index contributed by atoms with van der Waals surface area (Å²) in [6.45, 7) is 2.24. The number of hydrogen-bond acceptors (Lipinski definition) is 3. The lowest BCUT2D eigenvalue weighted by atomic mass is 10.2. The maximum absolute atomic E-state index is 5.98. The molecule has 0 bridgehead atoms. The van der Waals surface area contributed by atoms with E-state index >= 15 is 0 Å². The van der Waals surface area contributed by atoms with Crippen molar-refractivity contribution in [3.8, 4) is 5.75 Å². The zero-order valence-electron chi connectivity index (χ0n) is 9.66. The number of methoxy groups -OCH3 is 1. The summed E-state index contributed by atoms with van der Waals surface area (Å²) in [7, 11) is 3.78. The summed E-state index contributed by atoms with van der Waals surface area (Å²) in [6, 6.07) is 6.32. The molecule has 1 atom stereocenters. The van der Waals surface area contributed by atoms with Crippen molar-refractivity contribution in [3.63, 3.8) is 0 Å². The fourth-order valence-electron chi connectivity index (χ4n) is 2.04. The van der Waals surface area contributed by atoms with Gasteiger partial charge in [0.2, 0.25) is 0 Å². The standard InChI is InChI=1S/C12H17ClN2O/c1-15-6-5-10(8-15)14-9-3-4-11(13)12(7-9)16-2/h3-4,7,10,14H,5-6,8H2,1-2H3. The number of ether oxygens (including phenoxy) is 1. The van der Waals surface area contributed by atoms with Crippen LogP contribution in [-0.2, 0) is 0 Å². The van der Waals surface area contributed by atoms with Crippen molar-refractivity contribution < 1.29 is 4.74 Å². The molecular weight excluding hydrogens is 224 g/mol. The largest absolute Gasteiger partial charge is 0.495 e. The molecule has 0 saturated carbocycles. The Morgan fingerprint density at radius 2 is 2.31 bits per heavy atom. The molecule has 0 aromatic heterocycles. The summed E-state index contributed by atoms with van der Waals surface area (Å²) < 4.78 is 5.19. The van der Waals surface area contributed by atoms with Gasteiger partial charge in [0.1, 0.15) is 5.75 Å². The Kier molecular flexibility index (Phi) is 3.56. The van der Waals surface area contributed by atoms with Crippen molar-refractivity contribution in [1.82, 2.24) is 4.90 Å². The van der Waals surface area contributed by atoms with Crippen LogP contribution in [0.15, 0.2) is 18.2 Å². The normalized spacial score (nSPS) is 21.1. The highest BCUT2D eigenvalue weighted by atomic mass is 35.5. The van der Waals surface area contributed by atoms with Gasteiger partial charge in [-0.15, -0.1) is 0 Å². The van der Waals surface area contributed by atoms with E-state index in [0.29, 0.717) is 11.1 Å². The lowest BCUT2D eigenvalue weighted by molar-refractivity contribution is 0.413. The van der Waals surface area contributed by atoms with Crippen LogP contribution >= 0.6 is 11.6 Å². The average molecular weight is 241 g/mol. The van der Waals surface area contributed by atoms with Crippen LogP contribution in [0.5, 0.6) is 5.75 Å². The van der Waals surface area contributed by atoms with Crippen molar-refractivity contribution in [3.05, 3.63) is 23.2 Å². The average Bonchev–Trinajstić information content (AvgIpc) is 2.67. The molecule has 4 heteroatoms. The van der Waals surface area contributed by atoms with Crippen LogP contribution in [0.1, 0.15) is 6.42 Å². The van der Waals surface area contributed by atoms with Crippen LogP contribution in [0.25, 0.3) is 0 Å². The molecule has 1 heterocycles. The fraction of sp³-hybridized carbons (Fsp3) is 0.500. The highest BCUT2D eigenvalue weighted by Gasteiger charge is 2.19. The second-order valence-corrected chi connectivity index (χ2v) is 4.65. The van der Waals surface area contributed by atoms with Gasteiger partial charge in [-0.1, -0.05) is 11.6 Å². The molecule has 0 radical (unpaired) electrons. The van der Waals surface area contributed by atoms with E-state index in [0.717, 1.165) is 24.5 Å². The summed E-state index contributed by atoms with van der Waals surface area (Å²) in [5.41, 5.74) is 1.07. The minimum absolute atomic E-state index is 0.524. The highest BCUT2D eigenvalue weighted by molar-refractivity contribution is 6.32. The predicted octanol–water partition coefficient (Wildman–Crippen LogP) is 2.46. The van der Waals surface area contributed by atoms with E-state index in [2.05, 4.69) is 17.3 Å². The molecule has 0 amide bonds.